The fourth-order valence-corrected chi connectivity index (χ4v) is 18.3. The lowest BCUT2D eigenvalue weighted by atomic mass is 9.74. The van der Waals surface area contributed by atoms with E-state index < -0.39 is 17.1 Å². The molecule has 3 aromatic rings. The first-order valence-corrected chi connectivity index (χ1v) is 40.7. The zero-order valence-corrected chi connectivity index (χ0v) is 67.2. The molecule has 6 N–H and O–H groups in total. The Bertz CT molecular complexity index is 3460. The molecule has 20 heteroatoms. The Morgan fingerprint density at radius 1 is 0.528 bits per heavy atom. The van der Waals surface area contributed by atoms with E-state index in [0.717, 1.165) is 132 Å². The number of ketones is 6. The molecule has 11 rings (SSSR count). The van der Waals surface area contributed by atoms with Crippen molar-refractivity contribution in [2.75, 3.05) is 61.4 Å². The van der Waals surface area contributed by atoms with E-state index in [1.807, 2.05) is 83.5 Å². The Labute approximate surface area is 634 Å². The second kappa shape index (κ2) is 41.8. The Morgan fingerprint density at radius 2 is 1.06 bits per heavy atom. The number of para-hydroxylation sites is 1. The molecule has 4 aliphatic carbocycles. The first-order chi connectivity index (χ1) is 50.6. The van der Waals surface area contributed by atoms with Crippen LogP contribution in [-0.2, 0) is 60.8 Å². The highest BCUT2D eigenvalue weighted by molar-refractivity contribution is 5.96. The Morgan fingerprint density at radius 3 is 1.58 bits per heavy atom. The van der Waals surface area contributed by atoms with Crippen molar-refractivity contribution in [1.82, 2.24) is 51.2 Å². The molecule has 0 unspecified atom stereocenters. The minimum atomic E-state index is -0.594. The van der Waals surface area contributed by atoms with Crippen molar-refractivity contribution >= 4 is 74.8 Å². The number of hydrogen-bond acceptors (Lipinski definition) is 15. The van der Waals surface area contributed by atoms with Gasteiger partial charge in [-0.05, 0) is 251 Å². The van der Waals surface area contributed by atoms with Gasteiger partial charge >= 0.3 is 0 Å². The molecule has 10 atom stereocenters. The van der Waals surface area contributed by atoms with E-state index in [1.165, 1.54) is 74.5 Å². The number of allylic oxidation sites excluding steroid dienone is 1. The highest BCUT2D eigenvalue weighted by Crippen LogP contribution is 2.38. The van der Waals surface area contributed by atoms with Crippen LogP contribution in [0.5, 0.6) is 0 Å². The van der Waals surface area contributed by atoms with Crippen LogP contribution in [0.4, 0.5) is 0 Å². The standard InChI is InChI=1S/C19H24N2O2.C19H33NO2.C18H23N3O2.C16H28N2O2.C14H26N2O2/c1-13(22)17(20-19(23)18-8-5-11-21(18)2)12-15-10-9-14-6-3-4-7-16(14)15;1-14(21)17(15-9-5-3-6-10-15)13-18(22)19(20-2)16-11-7-4-8-12-16;1-12(22)17-8-5-9-21(17)18(23)16(19-2)10-13-11-20-15-7-4-3-6-14(13)15;1-12(19)16(2)10-7-11-18(16)15(20)14(17-3)13-8-5-4-6-9-13;1-10(2)9-12(15-5)13(18)16-8-6-7-14(16,4)11(3)17/h3-4,6-7,10,17-18H,5,8-9,11-12H2,1-2H3,(H,20,23);15-17,19-20H,3-13H2,1-2H3;3-4,6-7,11,16-17,19-20H,5,8-10H2,1-2H3;13-14,17H,4-11H2,1-3H3;10,12,15H,6-9H2,1-5H3/t17-,18-;17-,19+;16-,17-;14-,16-;12-,14-/m00000/s1. The summed E-state index contributed by atoms with van der Waals surface area (Å²) in [6.45, 7) is 19.1. The van der Waals surface area contributed by atoms with Crippen molar-refractivity contribution in [3.63, 3.8) is 0 Å². The van der Waals surface area contributed by atoms with E-state index in [4.69, 9.17) is 0 Å². The van der Waals surface area contributed by atoms with Crippen molar-refractivity contribution in [3.05, 3.63) is 77.5 Å². The second-order valence-electron chi connectivity index (χ2n) is 32.7. The number of nitrogens with one attached hydrogen (secondary N) is 6. The van der Waals surface area contributed by atoms with Gasteiger partial charge in [0.25, 0.3) is 0 Å². The number of carbonyl (C=O) groups is 10. The van der Waals surface area contributed by atoms with Crippen molar-refractivity contribution in [3.8, 4) is 0 Å². The molecule has 588 valence electrons. The number of aromatic amines is 1. The molecule has 0 radical (unpaired) electrons. The van der Waals surface area contributed by atoms with Crippen LogP contribution in [0.2, 0.25) is 0 Å². The molecule has 4 saturated heterocycles. The highest BCUT2D eigenvalue weighted by Gasteiger charge is 2.48. The van der Waals surface area contributed by atoms with Crippen LogP contribution in [0.3, 0.4) is 0 Å². The van der Waals surface area contributed by atoms with Crippen LogP contribution in [0.1, 0.15) is 246 Å². The highest BCUT2D eigenvalue weighted by atomic mass is 16.2. The molecule has 0 spiro atoms. The maximum atomic E-state index is 12.9. The fraction of sp³-hybridized carbons (Fsp3) is 0.698. The molecular weight excluding hydrogens is 1330 g/mol. The summed E-state index contributed by atoms with van der Waals surface area (Å²) in [5.41, 5.74) is 4.70. The number of fused-ring (bicyclic) bond motifs is 2. The number of benzene rings is 2. The maximum absolute atomic E-state index is 12.9. The van der Waals surface area contributed by atoms with Gasteiger partial charge in [-0.1, -0.05) is 120 Å². The molecule has 106 heavy (non-hydrogen) atoms. The predicted octanol–water partition coefficient (Wildman–Crippen LogP) is 11.7. The molecule has 20 nitrogen and oxygen atoms in total. The lowest BCUT2D eigenvalue weighted by molar-refractivity contribution is -0.145. The summed E-state index contributed by atoms with van der Waals surface area (Å²) in [6, 6.07) is 14.9. The average Bonchev–Trinajstić information content (AvgIpc) is 1.63. The van der Waals surface area contributed by atoms with Crippen LogP contribution in [0, 0.1) is 29.6 Å². The van der Waals surface area contributed by atoms with E-state index in [9.17, 15) is 47.9 Å². The molecule has 5 heterocycles. The largest absolute Gasteiger partial charge is 0.361 e. The van der Waals surface area contributed by atoms with Gasteiger partial charge in [0.2, 0.25) is 23.6 Å². The van der Waals surface area contributed by atoms with E-state index in [2.05, 4.69) is 74.6 Å². The third kappa shape index (κ3) is 22.8. The molecule has 1 aromatic heterocycles. The predicted molar refractivity (Wildman–Crippen MR) is 423 cm³/mol. The van der Waals surface area contributed by atoms with E-state index in [0.29, 0.717) is 56.0 Å². The number of amides is 4. The Hall–Kier alpha value is -6.58. The Balaban J connectivity index is 0.000000185. The number of likely N-dealkylation sites (N-methyl/N-ethyl adjacent to an activating group) is 5. The third-order valence-corrected chi connectivity index (χ3v) is 25.1. The topological polar surface area (TPSA) is 260 Å². The number of nitrogens with zero attached hydrogens (tertiary/aromatic N) is 4. The summed E-state index contributed by atoms with van der Waals surface area (Å²) in [6.07, 6.45) is 32.6. The summed E-state index contributed by atoms with van der Waals surface area (Å²) in [7, 11) is 9.36. The average molecular weight is 1470 g/mol. The Kier molecular flexibility index (Phi) is 34.2. The number of carbonyl (C=O) groups excluding carboxylic acids is 10. The molecule has 3 saturated carbocycles. The quantitative estimate of drug-likeness (QED) is 0.0437. The normalized spacial score (nSPS) is 23.7. The smallest absolute Gasteiger partial charge is 0.240 e. The summed E-state index contributed by atoms with van der Waals surface area (Å²) >= 11 is 0. The van der Waals surface area contributed by atoms with E-state index >= 15 is 0 Å². The zero-order chi connectivity index (χ0) is 77.4. The zero-order valence-electron chi connectivity index (χ0n) is 67.2. The van der Waals surface area contributed by atoms with Gasteiger partial charge in [0, 0.05) is 55.5 Å². The lowest BCUT2D eigenvalue weighted by Gasteiger charge is -2.38. The summed E-state index contributed by atoms with van der Waals surface area (Å²) < 4.78 is 0. The van der Waals surface area contributed by atoms with Gasteiger partial charge in [0.15, 0.2) is 28.9 Å². The SMILES string of the molecule is CC(=O)[C@H](CC1=CCc2ccccc21)NC(=O)[C@@H]1CCCN1C.CN[C@@H](C(=O)C[C@@H](C(C)=O)C1CCCCC1)C1CCCCC1.CN[C@@H](CC(C)C)C(=O)N1CCC[C@@]1(C)C(C)=O.CN[C@@H](Cc1c[nH]c2ccccc12)C(=O)N1CCC[C@H]1C(C)=O.CN[C@H](C(=O)N1CCC[C@@]1(C)C(C)=O)C1CCCCC1. The fourth-order valence-electron chi connectivity index (χ4n) is 18.3. The second-order valence-corrected chi connectivity index (χ2v) is 32.7. The maximum Gasteiger partial charge on any atom is 0.240 e. The van der Waals surface area contributed by atoms with Gasteiger partial charge in [-0.25, -0.2) is 0 Å². The molecule has 4 aliphatic heterocycles. The first-order valence-electron chi connectivity index (χ1n) is 40.7. The number of hydrogen-bond donors (Lipinski definition) is 6. The monoisotopic (exact) mass is 1470 g/mol. The number of aromatic nitrogens is 1. The molecule has 7 fully saturated rings. The molecule has 0 bridgehead atoms. The van der Waals surface area contributed by atoms with Crippen molar-refractivity contribution < 1.29 is 47.9 Å². The van der Waals surface area contributed by atoms with Crippen LogP contribution in [0.25, 0.3) is 16.5 Å². The minimum Gasteiger partial charge on any atom is -0.361 e. The number of rotatable bonds is 26. The molecular formula is C86H134N10O10. The lowest BCUT2D eigenvalue weighted by Crippen LogP contribution is -2.57. The number of Topliss-reactive ketones (excluding diaryl/α,β-unsaturated/α-hetero) is 6. The first kappa shape index (κ1) is 86.7. The summed E-state index contributed by atoms with van der Waals surface area (Å²) in [5.74, 6) is 2.78. The van der Waals surface area contributed by atoms with Crippen LogP contribution < -0.4 is 26.6 Å². The van der Waals surface area contributed by atoms with Gasteiger partial charge in [0.1, 0.15) is 5.78 Å². The van der Waals surface area contributed by atoms with Gasteiger partial charge in [-0.15, -0.1) is 0 Å². The molecule has 4 amide bonds. The third-order valence-electron chi connectivity index (χ3n) is 25.1. The summed E-state index contributed by atoms with van der Waals surface area (Å²) in [4.78, 5) is 134. The minimum absolute atomic E-state index is 0.0166. The molecule has 8 aliphatic rings. The van der Waals surface area contributed by atoms with Crippen LogP contribution in [-0.4, -0.2) is 198 Å². The summed E-state index contributed by atoms with van der Waals surface area (Å²) in [5, 5.41) is 16.8. The molecule has 2 aromatic carbocycles. The van der Waals surface area contributed by atoms with Crippen molar-refractivity contribution in [2.45, 2.75) is 295 Å². The van der Waals surface area contributed by atoms with Crippen molar-refractivity contribution in [1.29, 1.82) is 0 Å². The van der Waals surface area contributed by atoms with Gasteiger partial charge < -0.3 is 46.3 Å². The van der Waals surface area contributed by atoms with Crippen LogP contribution >= 0.6 is 0 Å². The van der Waals surface area contributed by atoms with Crippen LogP contribution in [0.15, 0.2) is 60.8 Å². The van der Waals surface area contributed by atoms with Crippen molar-refractivity contribution in [2.24, 2.45) is 29.6 Å². The van der Waals surface area contributed by atoms with Gasteiger partial charge in [-0.3, -0.25) is 52.8 Å². The number of likely N-dealkylation sites (tertiary alicyclic amines) is 4. The number of H-pyrrole nitrogens is 1. The van der Waals surface area contributed by atoms with E-state index in [-0.39, 0.29) is 100 Å². The van der Waals surface area contributed by atoms with E-state index in [1.54, 1.807) is 51.5 Å². The van der Waals surface area contributed by atoms with Gasteiger partial charge in [-0.2, -0.15) is 0 Å². The van der Waals surface area contributed by atoms with Gasteiger partial charge in [0.05, 0.1) is 53.4 Å².